The number of hydrogen-bond donors (Lipinski definition) is 1. The van der Waals surface area contributed by atoms with Gasteiger partial charge in [-0.1, -0.05) is 6.92 Å². The van der Waals surface area contributed by atoms with Crippen molar-refractivity contribution in [1.82, 2.24) is 10.3 Å². The minimum Gasteiger partial charge on any atom is -0.381 e. The zero-order valence-corrected chi connectivity index (χ0v) is 13.0. The number of aromatic nitrogens is 1. The third-order valence-electron chi connectivity index (χ3n) is 3.96. The zero-order valence-electron chi connectivity index (χ0n) is 13.0. The first-order valence-electron chi connectivity index (χ1n) is 7.69. The molecule has 0 spiro atoms. The molecule has 1 fully saturated rings. The molecular weight excluding hydrogens is 250 g/mol. The number of pyridine rings is 1. The Bertz CT molecular complexity index is 416. The number of aryl methyl sites for hydroxylation is 1. The summed E-state index contributed by atoms with van der Waals surface area (Å²) in [6.07, 6.45) is 5.40. The average Bonchev–Trinajstić information content (AvgIpc) is 2.49. The van der Waals surface area contributed by atoms with Crippen LogP contribution in [0, 0.1) is 6.92 Å². The molecule has 1 aromatic rings. The maximum atomic E-state index is 5.47. The van der Waals surface area contributed by atoms with Crippen molar-refractivity contribution < 1.29 is 4.74 Å². The van der Waals surface area contributed by atoms with Gasteiger partial charge < -0.3 is 15.0 Å². The van der Waals surface area contributed by atoms with E-state index in [2.05, 4.69) is 42.2 Å². The van der Waals surface area contributed by atoms with Gasteiger partial charge in [-0.05, 0) is 38.8 Å². The van der Waals surface area contributed by atoms with Crippen LogP contribution in [0.4, 0.5) is 5.69 Å². The molecule has 1 N–H and O–H groups in total. The standard InChI is InChI=1S/C16H27N3O/c1-4-7-17-11-14-12-18-13(2)10-16(14)19(3)15-5-8-20-9-6-15/h10,12,15,17H,4-9,11H2,1-3H3. The average molecular weight is 277 g/mol. The lowest BCUT2D eigenvalue weighted by Crippen LogP contribution is -2.37. The second kappa shape index (κ2) is 7.60. The highest BCUT2D eigenvalue weighted by atomic mass is 16.5. The number of rotatable bonds is 6. The number of anilines is 1. The minimum atomic E-state index is 0.579. The van der Waals surface area contributed by atoms with Gasteiger partial charge in [-0.2, -0.15) is 0 Å². The first-order valence-corrected chi connectivity index (χ1v) is 7.69. The van der Waals surface area contributed by atoms with E-state index in [0.29, 0.717) is 6.04 Å². The Morgan fingerprint density at radius 3 is 2.85 bits per heavy atom. The summed E-state index contributed by atoms with van der Waals surface area (Å²) in [7, 11) is 2.20. The Hall–Kier alpha value is -1.13. The Morgan fingerprint density at radius 2 is 2.15 bits per heavy atom. The van der Waals surface area contributed by atoms with Crippen molar-refractivity contribution in [1.29, 1.82) is 0 Å². The van der Waals surface area contributed by atoms with E-state index in [0.717, 1.165) is 51.3 Å². The normalized spacial score (nSPS) is 16.4. The molecule has 2 rings (SSSR count). The van der Waals surface area contributed by atoms with Crippen LogP contribution in [0.5, 0.6) is 0 Å². The van der Waals surface area contributed by atoms with E-state index in [1.807, 2.05) is 6.20 Å². The third-order valence-corrected chi connectivity index (χ3v) is 3.96. The van der Waals surface area contributed by atoms with Crippen LogP contribution in [0.1, 0.15) is 37.4 Å². The fraction of sp³-hybridized carbons (Fsp3) is 0.688. The van der Waals surface area contributed by atoms with Gasteiger partial charge in [0.05, 0.1) is 0 Å². The van der Waals surface area contributed by atoms with Crippen molar-refractivity contribution >= 4 is 5.69 Å². The van der Waals surface area contributed by atoms with Gasteiger partial charge in [-0.15, -0.1) is 0 Å². The van der Waals surface area contributed by atoms with E-state index in [9.17, 15) is 0 Å². The lowest BCUT2D eigenvalue weighted by Gasteiger charge is -2.34. The van der Waals surface area contributed by atoms with Crippen molar-refractivity contribution in [3.05, 3.63) is 23.5 Å². The molecule has 0 aliphatic carbocycles. The van der Waals surface area contributed by atoms with Crippen LogP contribution in [-0.2, 0) is 11.3 Å². The van der Waals surface area contributed by atoms with Gasteiger partial charge in [-0.3, -0.25) is 4.98 Å². The van der Waals surface area contributed by atoms with Crippen LogP contribution in [-0.4, -0.2) is 37.8 Å². The van der Waals surface area contributed by atoms with Crippen LogP contribution in [0.25, 0.3) is 0 Å². The molecule has 0 bridgehead atoms. The quantitative estimate of drug-likeness (QED) is 0.811. The first-order chi connectivity index (χ1) is 9.72. The monoisotopic (exact) mass is 277 g/mol. The van der Waals surface area contributed by atoms with Crippen molar-refractivity contribution in [2.75, 3.05) is 31.7 Å². The van der Waals surface area contributed by atoms with Gasteiger partial charge in [0.2, 0.25) is 0 Å². The highest BCUT2D eigenvalue weighted by Crippen LogP contribution is 2.25. The van der Waals surface area contributed by atoms with E-state index < -0.39 is 0 Å². The summed E-state index contributed by atoms with van der Waals surface area (Å²) in [5.41, 5.74) is 3.68. The third kappa shape index (κ3) is 3.93. The topological polar surface area (TPSA) is 37.4 Å². The molecule has 20 heavy (non-hydrogen) atoms. The molecule has 0 unspecified atom stereocenters. The molecular formula is C16H27N3O. The van der Waals surface area contributed by atoms with Crippen LogP contribution >= 0.6 is 0 Å². The number of ether oxygens (including phenoxy) is 1. The lowest BCUT2D eigenvalue weighted by molar-refractivity contribution is 0.0854. The molecule has 1 aromatic heterocycles. The molecule has 0 amide bonds. The SMILES string of the molecule is CCCNCc1cnc(C)cc1N(C)C1CCOCC1. The molecule has 4 heteroatoms. The molecule has 0 aromatic carbocycles. The van der Waals surface area contributed by atoms with Crippen molar-refractivity contribution in [2.45, 2.75) is 45.7 Å². The predicted molar refractivity (Wildman–Crippen MR) is 83.2 cm³/mol. The molecule has 2 heterocycles. The minimum absolute atomic E-state index is 0.579. The van der Waals surface area contributed by atoms with Gasteiger partial charge in [0.25, 0.3) is 0 Å². The second-order valence-electron chi connectivity index (χ2n) is 5.59. The van der Waals surface area contributed by atoms with E-state index in [1.54, 1.807) is 0 Å². The summed E-state index contributed by atoms with van der Waals surface area (Å²) in [5, 5.41) is 3.48. The van der Waals surface area contributed by atoms with Gasteiger partial charge in [0.15, 0.2) is 0 Å². The molecule has 1 aliphatic heterocycles. The maximum absolute atomic E-state index is 5.47. The van der Waals surface area contributed by atoms with E-state index in [-0.39, 0.29) is 0 Å². The van der Waals surface area contributed by atoms with Gasteiger partial charge >= 0.3 is 0 Å². The van der Waals surface area contributed by atoms with Crippen LogP contribution in [0.2, 0.25) is 0 Å². The fourth-order valence-corrected chi connectivity index (χ4v) is 2.71. The van der Waals surface area contributed by atoms with Crippen LogP contribution in [0.15, 0.2) is 12.3 Å². The Balaban J connectivity index is 2.12. The van der Waals surface area contributed by atoms with E-state index >= 15 is 0 Å². The van der Waals surface area contributed by atoms with E-state index in [1.165, 1.54) is 11.3 Å². The summed E-state index contributed by atoms with van der Waals surface area (Å²) >= 11 is 0. The number of nitrogens with zero attached hydrogens (tertiary/aromatic N) is 2. The molecule has 0 radical (unpaired) electrons. The van der Waals surface area contributed by atoms with Crippen LogP contribution in [0.3, 0.4) is 0 Å². The zero-order chi connectivity index (χ0) is 14.4. The second-order valence-corrected chi connectivity index (χ2v) is 5.59. The maximum Gasteiger partial charge on any atom is 0.0485 e. The smallest absolute Gasteiger partial charge is 0.0485 e. The summed E-state index contributed by atoms with van der Waals surface area (Å²) in [4.78, 5) is 6.87. The molecule has 0 saturated carbocycles. The van der Waals surface area contributed by atoms with Crippen molar-refractivity contribution in [3.8, 4) is 0 Å². The lowest BCUT2D eigenvalue weighted by atomic mass is 10.1. The van der Waals surface area contributed by atoms with Crippen LogP contribution < -0.4 is 10.2 Å². The molecule has 1 aliphatic rings. The number of nitrogens with one attached hydrogen (secondary N) is 1. The first kappa shape index (κ1) is 15.3. The summed E-state index contributed by atoms with van der Waals surface area (Å²) in [6, 6.07) is 2.79. The van der Waals surface area contributed by atoms with Crippen molar-refractivity contribution in [2.24, 2.45) is 0 Å². The largest absolute Gasteiger partial charge is 0.381 e. The number of hydrogen-bond acceptors (Lipinski definition) is 4. The molecule has 4 nitrogen and oxygen atoms in total. The molecule has 1 saturated heterocycles. The van der Waals surface area contributed by atoms with Gasteiger partial charge in [0, 0.05) is 56.0 Å². The summed E-state index contributed by atoms with van der Waals surface area (Å²) in [6.45, 7) is 7.95. The highest BCUT2D eigenvalue weighted by Gasteiger charge is 2.20. The fourth-order valence-electron chi connectivity index (χ4n) is 2.71. The Labute approximate surface area is 122 Å². The van der Waals surface area contributed by atoms with E-state index in [4.69, 9.17) is 4.74 Å². The highest BCUT2D eigenvalue weighted by molar-refractivity contribution is 5.54. The van der Waals surface area contributed by atoms with Crippen molar-refractivity contribution in [3.63, 3.8) is 0 Å². The van der Waals surface area contributed by atoms with Gasteiger partial charge in [0.1, 0.15) is 0 Å². The van der Waals surface area contributed by atoms with Gasteiger partial charge in [-0.25, -0.2) is 0 Å². The predicted octanol–water partition coefficient (Wildman–Crippen LogP) is 2.50. The Kier molecular flexibility index (Phi) is 5.80. The molecule has 112 valence electrons. The molecule has 0 atom stereocenters. The summed E-state index contributed by atoms with van der Waals surface area (Å²) < 4.78 is 5.47. The summed E-state index contributed by atoms with van der Waals surface area (Å²) in [5.74, 6) is 0. The Morgan fingerprint density at radius 1 is 1.40 bits per heavy atom.